The van der Waals surface area contributed by atoms with Crippen LogP contribution in [0.25, 0.3) is 23.5 Å². The van der Waals surface area contributed by atoms with Gasteiger partial charge in [0.1, 0.15) is 0 Å². The van der Waals surface area contributed by atoms with E-state index in [0.29, 0.717) is 18.3 Å². The Morgan fingerprint density at radius 2 is 1.82 bits per heavy atom. The van der Waals surface area contributed by atoms with Crippen molar-refractivity contribution in [3.05, 3.63) is 89.3 Å². The predicted molar refractivity (Wildman–Crippen MR) is 132 cm³/mol. The summed E-state index contributed by atoms with van der Waals surface area (Å²) in [6.45, 7) is 4.80. The fraction of sp³-hybridized carbons (Fsp3) is 0.148. The molecule has 0 radical (unpaired) electrons. The van der Waals surface area contributed by atoms with Crippen molar-refractivity contribution in [3.63, 3.8) is 0 Å². The summed E-state index contributed by atoms with van der Waals surface area (Å²) in [6, 6.07) is 22.0. The molecule has 0 atom stereocenters. The number of benzene rings is 3. The molecule has 0 aliphatic carbocycles. The van der Waals surface area contributed by atoms with Crippen molar-refractivity contribution in [2.24, 2.45) is 0 Å². The number of nitrogens with zero attached hydrogens (tertiary/aromatic N) is 3. The summed E-state index contributed by atoms with van der Waals surface area (Å²) in [7, 11) is 0. The quantitative estimate of drug-likeness (QED) is 0.335. The van der Waals surface area contributed by atoms with Crippen LogP contribution in [0.15, 0.2) is 81.0 Å². The van der Waals surface area contributed by atoms with E-state index in [2.05, 4.69) is 36.1 Å². The lowest BCUT2D eigenvalue weighted by Gasteiger charge is -2.22. The molecule has 0 saturated carbocycles. The van der Waals surface area contributed by atoms with E-state index in [-0.39, 0.29) is 5.91 Å². The van der Waals surface area contributed by atoms with Crippen LogP contribution in [0, 0.1) is 6.92 Å². The molecule has 1 amide bonds. The molecule has 4 aromatic rings. The van der Waals surface area contributed by atoms with Gasteiger partial charge in [-0.25, -0.2) is 0 Å². The van der Waals surface area contributed by atoms with Crippen LogP contribution in [0.2, 0.25) is 0 Å². The van der Waals surface area contributed by atoms with Crippen molar-refractivity contribution in [1.82, 2.24) is 10.1 Å². The van der Waals surface area contributed by atoms with E-state index in [1.807, 2.05) is 71.6 Å². The van der Waals surface area contributed by atoms with Crippen molar-refractivity contribution < 1.29 is 9.32 Å². The largest absolute Gasteiger partial charge is 0.334 e. The fourth-order valence-corrected chi connectivity index (χ4v) is 4.89. The van der Waals surface area contributed by atoms with Gasteiger partial charge in [0, 0.05) is 28.0 Å². The molecule has 0 N–H and O–H groups in total. The number of hydrogen-bond donors (Lipinski definition) is 0. The summed E-state index contributed by atoms with van der Waals surface area (Å²) < 4.78 is 5.45. The zero-order chi connectivity index (χ0) is 22.8. The molecule has 33 heavy (non-hydrogen) atoms. The lowest BCUT2D eigenvalue weighted by molar-refractivity contribution is 0.0984. The zero-order valence-corrected chi connectivity index (χ0v) is 19.3. The monoisotopic (exact) mass is 453 g/mol. The topological polar surface area (TPSA) is 59.2 Å². The number of amides is 1. The predicted octanol–water partition coefficient (Wildman–Crippen LogP) is 6.74. The third kappa shape index (κ3) is 4.34. The average Bonchev–Trinajstić information content (AvgIpc) is 3.27. The number of aryl methyl sites for hydroxylation is 1. The molecular formula is C27H23N3O2S. The molecule has 0 saturated heterocycles. The molecule has 3 aromatic carbocycles. The molecule has 0 bridgehead atoms. The first-order chi connectivity index (χ1) is 16.1. The maximum atomic E-state index is 13.2. The minimum Gasteiger partial charge on any atom is -0.334 e. The van der Waals surface area contributed by atoms with Crippen LogP contribution in [0.5, 0.6) is 0 Å². The first-order valence-electron chi connectivity index (χ1n) is 10.9. The van der Waals surface area contributed by atoms with Crippen LogP contribution >= 0.6 is 11.8 Å². The standard InChI is InChI=1S/C27H23N3O2S/c1-3-16-30-22-14-13-20(17-24(22)33-23-7-5-4-6-21(23)27(30)31)26-28-25(32-29-26)15-12-19-10-8-18(2)9-11-19/h4-15,17H,3,16H2,1-2H3/b15-12+. The normalized spacial score (nSPS) is 13.2. The second-order valence-corrected chi connectivity index (χ2v) is 9.02. The minimum absolute atomic E-state index is 0.0366. The fourth-order valence-electron chi connectivity index (χ4n) is 3.77. The average molecular weight is 454 g/mol. The maximum Gasteiger partial charge on any atom is 0.259 e. The highest BCUT2D eigenvalue weighted by molar-refractivity contribution is 7.99. The molecular weight excluding hydrogens is 430 g/mol. The van der Waals surface area contributed by atoms with E-state index < -0.39 is 0 Å². The smallest absolute Gasteiger partial charge is 0.259 e. The molecule has 1 aliphatic heterocycles. The Kier molecular flexibility index (Phi) is 5.84. The highest BCUT2D eigenvalue weighted by Gasteiger charge is 2.27. The summed E-state index contributed by atoms with van der Waals surface area (Å²) in [5.41, 5.74) is 4.78. The van der Waals surface area contributed by atoms with Gasteiger partial charge in [-0.15, -0.1) is 0 Å². The Balaban J connectivity index is 1.47. The number of anilines is 1. The van der Waals surface area contributed by atoms with Gasteiger partial charge in [-0.2, -0.15) is 4.98 Å². The first kappa shape index (κ1) is 21.2. The molecule has 5 rings (SSSR count). The van der Waals surface area contributed by atoms with E-state index >= 15 is 0 Å². The van der Waals surface area contributed by atoms with Gasteiger partial charge in [0.15, 0.2) is 0 Å². The SMILES string of the molecule is CCCN1C(=O)c2ccccc2Sc2cc(-c3noc(/C=C/c4ccc(C)cc4)n3)ccc21. The molecule has 164 valence electrons. The molecule has 0 unspecified atom stereocenters. The van der Waals surface area contributed by atoms with Crippen LogP contribution < -0.4 is 4.90 Å². The zero-order valence-electron chi connectivity index (χ0n) is 18.5. The van der Waals surface area contributed by atoms with Crippen molar-refractivity contribution in [2.75, 3.05) is 11.4 Å². The summed E-state index contributed by atoms with van der Waals surface area (Å²) in [5, 5.41) is 4.17. The van der Waals surface area contributed by atoms with Gasteiger partial charge in [-0.3, -0.25) is 4.79 Å². The molecule has 1 aliphatic rings. The summed E-state index contributed by atoms with van der Waals surface area (Å²) in [6.07, 6.45) is 4.65. The van der Waals surface area contributed by atoms with Crippen LogP contribution in [0.4, 0.5) is 5.69 Å². The third-order valence-electron chi connectivity index (χ3n) is 5.48. The Hall–Kier alpha value is -3.64. The van der Waals surface area contributed by atoms with Gasteiger partial charge in [-0.05, 0) is 55.3 Å². The third-order valence-corrected chi connectivity index (χ3v) is 6.60. The Morgan fingerprint density at radius 1 is 1.00 bits per heavy atom. The number of rotatable bonds is 5. The molecule has 0 fully saturated rings. The number of carbonyl (C=O) groups is 1. The first-order valence-corrected chi connectivity index (χ1v) is 11.8. The van der Waals surface area contributed by atoms with Gasteiger partial charge in [0.25, 0.3) is 11.8 Å². The Bertz CT molecular complexity index is 1340. The number of carbonyl (C=O) groups excluding carboxylic acids is 1. The van der Waals surface area contributed by atoms with Crippen molar-refractivity contribution in [3.8, 4) is 11.4 Å². The van der Waals surface area contributed by atoms with E-state index in [4.69, 9.17) is 4.52 Å². The van der Waals surface area contributed by atoms with Gasteiger partial charge >= 0.3 is 0 Å². The van der Waals surface area contributed by atoms with Gasteiger partial charge in [0.05, 0.1) is 11.3 Å². The molecule has 2 heterocycles. The summed E-state index contributed by atoms with van der Waals surface area (Å²) in [5.74, 6) is 1.00. The van der Waals surface area contributed by atoms with E-state index in [0.717, 1.165) is 38.6 Å². The number of fused-ring (bicyclic) bond motifs is 2. The lowest BCUT2D eigenvalue weighted by Crippen LogP contribution is -2.31. The Labute approximate surface area is 197 Å². The van der Waals surface area contributed by atoms with Crippen LogP contribution in [0.1, 0.15) is 40.7 Å². The summed E-state index contributed by atoms with van der Waals surface area (Å²) >= 11 is 1.60. The van der Waals surface area contributed by atoms with Crippen molar-refractivity contribution >= 4 is 35.5 Å². The molecule has 1 aromatic heterocycles. The Morgan fingerprint density at radius 3 is 2.64 bits per heavy atom. The second-order valence-electron chi connectivity index (χ2n) is 7.94. The minimum atomic E-state index is 0.0366. The highest BCUT2D eigenvalue weighted by Crippen LogP contribution is 2.42. The van der Waals surface area contributed by atoms with E-state index in [1.54, 1.807) is 11.8 Å². The van der Waals surface area contributed by atoms with E-state index in [9.17, 15) is 4.79 Å². The molecule has 5 nitrogen and oxygen atoms in total. The molecule has 6 heteroatoms. The van der Waals surface area contributed by atoms with E-state index in [1.165, 1.54) is 5.56 Å². The van der Waals surface area contributed by atoms with Crippen molar-refractivity contribution in [1.29, 1.82) is 0 Å². The maximum absolute atomic E-state index is 13.2. The molecule has 0 spiro atoms. The van der Waals surface area contributed by atoms with Gasteiger partial charge in [-0.1, -0.05) is 65.8 Å². The number of aromatic nitrogens is 2. The van der Waals surface area contributed by atoms with Crippen LogP contribution in [0.3, 0.4) is 0 Å². The summed E-state index contributed by atoms with van der Waals surface area (Å²) in [4.78, 5) is 21.6. The van der Waals surface area contributed by atoms with Gasteiger partial charge in [0.2, 0.25) is 5.82 Å². The highest BCUT2D eigenvalue weighted by atomic mass is 32.2. The van der Waals surface area contributed by atoms with Crippen LogP contribution in [-0.2, 0) is 0 Å². The lowest BCUT2D eigenvalue weighted by atomic mass is 10.1. The number of hydrogen-bond acceptors (Lipinski definition) is 5. The van der Waals surface area contributed by atoms with Crippen molar-refractivity contribution in [2.45, 2.75) is 30.1 Å². The van der Waals surface area contributed by atoms with Gasteiger partial charge < -0.3 is 9.42 Å². The van der Waals surface area contributed by atoms with Crippen LogP contribution in [-0.4, -0.2) is 22.6 Å². The second kappa shape index (κ2) is 9.08.